The largest absolute Gasteiger partial charge is 0.0620 e. The topological polar surface area (TPSA) is 0 Å². The summed E-state index contributed by atoms with van der Waals surface area (Å²) in [5.41, 5.74) is 0.608. The highest BCUT2D eigenvalue weighted by atomic mass is 14.6. The minimum atomic E-state index is 0.608. The van der Waals surface area contributed by atoms with Gasteiger partial charge in [0.15, 0.2) is 0 Å². The van der Waals surface area contributed by atoms with Gasteiger partial charge in [0.05, 0.1) is 0 Å². The van der Waals surface area contributed by atoms with Crippen molar-refractivity contribution in [1.29, 1.82) is 0 Å². The van der Waals surface area contributed by atoms with Crippen molar-refractivity contribution in [3.8, 4) is 0 Å². The zero-order valence-corrected chi connectivity index (χ0v) is 14.6. The van der Waals surface area contributed by atoms with Crippen LogP contribution < -0.4 is 0 Å². The van der Waals surface area contributed by atoms with E-state index in [1.807, 2.05) is 0 Å². The molecular weight excluding hydrogens is 252 g/mol. The Kier molecular flexibility index (Phi) is 3.66. The van der Waals surface area contributed by atoms with Crippen molar-refractivity contribution in [3.63, 3.8) is 0 Å². The Morgan fingerprint density at radius 1 is 0.619 bits per heavy atom. The van der Waals surface area contributed by atoms with Crippen LogP contribution >= 0.6 is 0 Å². The molecule has 7 atom stereocenters. The summed E-state index contributed by atoms with van der Waals surface area (Å²) >= 11 is 0. The van der Waals surface area contributed by atoms with E-state index in [0.717, 1.165) is 41.4 Å². The molecular formula is C21H36. The molecule has 4 rings (SSSR count). The molecule has 0 saturated heterocycles. The average Bonchev–Trinajstić information content (AvgIpc) is 2.50. The van der Waals surface area contributed by atoms with Crippen LogP contribution in [0.1, 0.15) is 85.0 Å². The molecule has 0 amide bonds. The fraction of sp³-hybridized carbons (Fsp3) is 1.00. The van der Waals surface area contributed by atoms with Crippen molar-refractivity contribution in [3.05, 3.63) is 0 Å². The lowest BCUT2D eigenvalue weighted by Crippen LogP contribution is -2.51. The zero-order chi connectivity index (χ0) is 14.6. The Hall–Kier alpha value is 0. The first-order valence-electron chi connectivity index (χ1n) is 10.1. The molecule has 0 spiro atoms. The zero-order valence-electron chi connectivity index (χ0n) is 14.6. The number of hydrogen-bond acceptors (Lipinski definition) is 0. The van der Waals surface area contributed by atoms with E-state index >= 15 is 0 Å². The number of fused-ring (bicyclic) bond motifs is 5. The SMILES string of the molecule is CC1CCC2C3CCC4CCCCC4C3CCC2C1(C)C. The van der Waals surface area contributed by atoms with Crippen LogP contribution in [-0.4, -0.2) is 0 Å². The second-order valence-corrected chi connectivity index (χ2v) is 9.76. The second kappa shape index (κ2) is 5.27. The van der Waals surface area contributed by atoms with E-state index in [1.165, 1.54) is 12.8 Å². The molecule has 0 heteroatoms. The van der Waals surface area contributed by atoms with Gasteiger partial charge in [-0.25, -0.2) is 0 Å². The maximum Gasteiger partial charge on any atom is -0.0297 e. The molecule has 0 aliphatic heterocycles. The summed E-state index contributed by atoms with van der Waals surface area (Å²) in [5, 5.41) is 0. The van der Waals surface area contributed by atoms with E-state index in [4.69, 9.17) is 0 Å². The first-order chi connectivity index (χ1) is 10.1. The molecule has 4 fully saturated rings. The van der Waals surface area contributed by atoms with Crippen LogP contribution in [0.2, 0.25) is 0 Å². The van der Waals surface area contributed by atoms with Gasteiger partial charge >= 0.3 is 0 Å². The molecule has 4 saturated carbocycles. The van der Waals surface area contributed by atoms with Gasteiger partial charge in [0.1, 0.15) is 0 Å². The lowest BCUT2D eigenvalue weighted by Gasteiger charge is -2.59. The Bertz CT molecular complexity index is 381. The van der Waals surface area contributed by atoms with Gasteiger partial charge in [0.2, 0.25) is 0 Å². The van der Waals surface area contributed by atoms with Crippen molar-refractivity contribution in [2.24, 2.45) is 46.8 Å². The monoisotopic (exact) mass is 288 g/mol. The summed E-state index contributed by atoms with van der Waals surface area (Å²) in [5.74, 6) is 7.61. The molecule has 0 aromatic carbocycles. The Balaban J connectivity index is 1.57. The van der Waals surface area contributed by atoms with Crippen LogP contribution in [-0.2, 0) is 0 Å². The third-order valence-electron chi connectivity index (χ3n) is 8.98. The van der Waals surface area contributed by atoms with Crippen LogP contribution in [0.4, 0.5) is 0 Å². The van der Waals surface area contributed by atoms with Gasteiger partial charge in [-0.15, -0.1) is 0 Å². The van der Waals surface area contributed by atoms with Gasteiger partial charge in [-0.05, 0) is 91.8 Å². The molecule has 0 radical (unpaired) electrons. The predicted octanol–water partition coefficient (Wildman–Crippen LogP) is 6.30. The minimum Gasteiger partial charge on any atom is -0.0620 e. The third-order valence-corrected chi connectivity index (χ3v) is 8.98. The Labute approximate surface area is 132 Å². The van der Waals surface area contributed by atoms with Gasteiger partial charge in [-0.3, -0.25) is 0 Å². The van der Waals surface area contributed by atoms with Crippen molar-refractivity contribution < 1.29 is 0 Å². The van der Waals surface area contributed by atoms with Crippen molar-refractivity contribution >= 4 is 0 Å². The smallest absolute Gasteiger partial charge is 0.0297 e. The highest BCUT2D eigenvalue weighted by Crippen LogP contribution is 2.61. The molecule has 21 heavy (non-hydrogen) atoms. The highest BCUT2D eigenvalue weighted by Gasteiger charge is 2.53. The molecule has 0 heterocycles. The first kappa shape index (κ1) is 14.6. The fourth-order valence-electron chi connectivity index (χ4n) is 7.46. The lowest BCUT2D eigenvalue weighted by molar-refractivity contribution is -0.0963. The fourth-order valence-corrected chi connectivity index (χ4v) is 7.46. The molecule has 0 bridgehead atoms. The highest BCUT2D eigenvalue weighted by molar-refractivity contribution is 5.02. The molecule has 0 N–H and O–H groups in total. The van der Waals surface area contributed by atoms with Gasteiger partial charge in [0.25, 0.3) is 0 Å². The molecule has 4 aliphatic carbocycles. The molecule has 120 valence electrons. The molecule has 0 aromatic heterocycles. The maximum atomic E-state index is 2.60. The third kappa shape index (κ3) is 2.22. The van der Waals surface area contributed by atoms with Crippen LogP contribution in [0, 0.1) is 46.8 Å². The summed E-state index contributed by atoms with van der Waals surface area (Å²) in [6, 6.07) is 0. The summed E-state index contributed by atoms with van der Waals surface area (Å²) < 4.78 is 0. The van der Waals surface area contributed by atoms with Crippen LogP contribution in [0.5, 0.6) is 0 Å². The van der Waals surface area contributed by atoms with E-state index in [2.05, 4.69) is 20.8 Å². The number of rotatable bonds is 0. The van der Waals surface area contributed by atoms with E-state index < -0.39 is 0 Å². The van der Waals surface area contributed by atoms with Crippen molar-refractivity contribution in [1.82, 2.24) is 0 Å². The van der Waals surface area contributed by atoms with Crippen molar-refractivity contribution in [2.45, 2.75) is 85.0 Å². The van der Waals surface area contributed by atoms with E-state index in [1.54, 1.807) is 51.4 Å². The summed E-state index contributed by atoms with van der Waals surface area (Å²) in [6.07, 6.45) is 15.6. The second-order valence-electron chi connectivity index (χ2n) is 9.76. The maximum absolute atomic E-state index is 2.60. The van der Waals surface area contributed by atoms with Gasteiger partial charge in [-0.1, -0.05) is 40.0 Å². The van der Waals surface area contributed by atoms with Crippen molar-refractivity contribution in [2.75, 3.05) is 0 Å². The van der Waals surface area contributed by atoms with E-state index in [-0.39, 0.29) is 0 Å². The van der Waals surface area contributed by atoms with Crippen LogP contribution in [0.15, 0.2) is 0 Å². The van der Waals surface area contributed by atoms with Gasteiger partial charge in [0, 0.05) is 0 Å². The van der Waals surface area contributed by atoms with E-state index in [0.29, 0.717) is 5.41 Å². The minimum absolute atomic E-state index is 0.608. The molecule has 4 aliphatic rings. The Morgan fingerprint density at radius 2 is 1.29 bits per heavy atom. The summed E-state index contributed by atoms with van der Waals surface area (Å²) in [7, 11) is 0. The number of hydrogen-bond donors (Lipinski definition) is 0. The molecule has 0 nitrogen and oxygen atoms in total. The van der Waals surface area contributed by atoms with E-state index in [9.17, 15) is 0 Å². The van der Waals surface area contributed by atoms with Gasteiger partial charge in [-0.2, -0.15) is 0 Å². The quantitative estimate of drug-likeness (QED) is 0.490. The standard InChI is InChI=1S/C21H36/c1-14-8-10-19-18-11-9-15-6-4-5-7-16(15)17(18)12-13-20(19)21(14,2)3/h14-20H,4-13H2,1-3H3. The lowest BCUT2D eigenvalue weighted by atomic mass is 9.46. The van der Waals surface area contributed by atoms with Crippen LogP contribution in [0.3, 0.4) is 0 Å². The summed E-state index contributed by atoms with van der Waals surface area (Å²) in [4.78, 5) is 0. The predicted molar refractivity (Wildman–Crippen MR) is 90.1 cm³/mol. The average molecular weight is 289 g/mol. The molecule has 0 aromatic rings. The van der Waals surface area contributed by atoms with Gasteiger partial charge < -0.3 is 0 Å². The van der Waals surface area contributed by atoms with Crippen LogP contribution in [0.25, 0.3) is 0 Å². The summed E-state index contributed by atoms with van der Waals surface area (Å²) in [6.45, 7) is 7.72. The Morgan fingerprint density at radius 3 is 2.14 bits per heavy atom. The first-order valence-corrected chi connectivity index (χ1v) is 10.1. The normalized spacial score (nSPS) is 52.4. The molecule has 7 unspecified atom stereocenters.